The second-order valence-electron chi connectivity index (χ2n) is 25.9. The quantitative estimate of drug-likeness (QED) is 0.101. The molecule has 9 rings (SSSR count). The number of rotatable bonds is 14. The Morgan fingerprint density at radius 2 is 0.705 bits per heavy atom. The lowest BCUT2D eigenvalue weighted by molar-refractivity contribution is -0.173. The molecule has 0 saturated carbocycles. The smallest absolute Gasteiger partial charge is 0.408 e. The van der Waals surface area contributed by atoms with Crippen molar-refractivity contribution < 1.29 is 71.9 Å². The van der Waals surface area contributed by atoms with E-state index in [1.54, 1.807) is 81.2 Å². The number of carbonyl (C=O) groups is 9. The van der Waals surface area contributed by atoms with E-state index in [1.807, 2.05) is 101 Å². The van der Waals surface area contributed by atoms with Gasteiger partial charge in [0.15, 0.2) is 0 Å². The molecule has 4 N–H and O–H groups in total. The van der Waals surface area contributed by atoms with Gasteiger partial charge in [0.1, 0.15) is 51.5 Å². The summed E-state index contributed by atoms with van der Waals surface area (Å²) in [6.45, 7) is 23.2. The Morgan fingerprint density at radius 1 is 0.443 bits per heavy atom. The van der Waals surface area contributed by atoms with E-state index >= 15 is 0 Å². The number of alkyl carbamates (subject to hydrolysis) is 3. The van der Waals surface area contributed by atoms with Gasteiger partial charge in [0.25, 0.3) is 17.7 Å². The summed E-state index contributed by atoms with van der Waals surface area (Å²) < 4.78 is 26.7. The number of hydrogen-bond donors (Lipinski definition) is 4. The molecule has 6 fully saturated rings. The van der Waals surface area contributed by atoms with Gasteiger partial charge in [0.05, 0.1) is 13.2 Å². The number of hydrogen-bond acceptors (Lipinski definition) is 17. The van der Waals surface area contributed by atoms with Crippen LogP contribution in [0.3, 0.4) is 0 Å². The molecule has 0 bridgehead atoms. The molecule has 24 heteroatoms. The second-order valence-corrected chi connectivity index (χ2v) is 25.9. The summed E-state index contributed by atoms with van der Waals surface area (Å²) in [6.07, 6.45) is 1.53. The van der Waals surface area contributed by atoms with Crippen molar-refractivity contribution in [3.05, 3.63) is 108 Å². The maximum absolute atomic E-state index is 13.8. The molecule has 0 spiro atoms. The van der Waals surface area contributed by atoms with Crippen molar-refractivity contribution >= 4 is 53.9 Å². The van der Waals surface area contributed by atoms with Crippen LogP contribution in [0, 0.1) is 0 Å². The molecule has 6 aliphatic heterocycles. The zero-order chi connectivity index (χ0) is 64.4. The molecule has 6 aliphatic rings. The van der Waals surface area contributed by atoms with Crippen LogP contribution >= 0.6 is 0 Å². The highest BCUT2D eigenvalue weighted by Crippen LogP contribution is 2.37. The highest BCUT2D eigenvalue weighted by atomic mass is 16.6. The Kier molecular flexibility index (Phi) is 21.6. The van der Waals surface area contributed by atoms with Crippen LogP contribution in [-0.2, 0) is 71.7 Å². The van der Waals surface area contributed by atoms with Crippen LogP contribution in [0.15, 0.2) is 91.0 Å². The fraction of sp³-hybridized carbons (Fsp3) is 0.578. The van der Waals surface area contributed by atoms with Crippen molar-refractivity contribution in [2.24, 2.45) is 0 Å². The van der Waals surface area contributed by atoms with E-state index in [9.17, 15) is 48.3 Å². The number of aliphatic carboxylic acids is 1. The van der Waals surface area contributed by atoms with E-state index in [0.717, 1.165) is 16.7 Å². The number of esters is 2. The lowest BCUT2D eigenvalue weighted by atomic mass is 9.84. The van der Waals surface area contributed by atoms with Gasteiger partial charge >= 0.3 is 36.2 Å². The first-order valence-corrected chi connectivity index (χ1v) is 30.4. The first-order valence-electron chi connectivity index (χ1n) is 30.4. The van der Waals surface area contributed by atoms with Crippen molar-refractivity contribution in [3.8, 4) is 0 Å². The van der Waals surface area contributed by atoms with Gasteiger partial charge in [-0.3, -0.25) is 29.4 Å². The third-order valence-electron chi connectivity index (χ3n) is 15.7. The summed E-state index contributed by atoms with van der Waals surface area (Å²) in [5, 5.41) is 27.8. The van der Waals surface area contributed by atoms with Crippen molar-refractivity contribution in [3.63, 3.8) is 0 Å². The van der Waals surface area contributed by atoms with E-state index in [-0.39, 0.29) is 31.4 Å². The molecule has 6 heterocycles. The van der Waals surface area contributed by atoms with Gasteiger partial charge in [-0.25, -0.2) is 43.8 Å². The average Bonchev–Trinajstić information content (AvgIpc) is 1.51. The van der Waals surface area contributed by atoms with Gasteiger partial charge in [-0.1, -0.05) is 91.0 Å². The normalized spacial score (nSPS) is 24.6. The maximum atomic E-state index is 13.8. The highest BCUT2D eigenvalue weighted by Gasteiger charge is 2.57. The molecule has 6 atom stereocenters. The van der Waals surface area contributed by atoms with Crippen LogP contribution in [0.25, 0.3) is 0 Å². The van der Waals surface area contributed by atoms with E-state index in [1.165, 1.54) is 15.0 Å². The predicted octanol–water partition coefficient (Wildman–Crippen LogP) is 6.35. The minimum atomic E-state index is -1.25. The lowest BCUT2D eigenvalue weighted by Gasteiger charge is -2.46. The van der Waals surface area contributed by atoms with Crippen LogP contribution in [-0.4, -0.2) is 193 Å². The molecule has 0 aromatic heterocycles. The van der Waals surface area contributed by atoms with Crippen LogP contribution in [0.5, 0.6) is 0 Å². The maximum Gasteiger partial charge on any atom is 0.408 e. The molecule has 480 valence electrons. The molecule has 3 aromatic rings. The largest absolute Gasteiger partial charge is 0.480 e. The summed E-state index contributed by atoms with van der Waals surface area (Å²) in [7, 11) is 0. The number of benzene rings is 3. The first kappa shape index (κ1) is 67.7. The zero-order valence-corrected chi connectivity index (χ0v) is 52.8. The van der Waals surface area contributed by atoms with Crippen LogP contribution < -0.4 is 16.0 Å². The van der Waals surface area contributed by atoms with Crippen molar-refractivity contribution in [2.45, 2.75) is 185 Å². The Morgan fingerprint density at radius 3 is 0.955 bits per heavy atom. The number of carboxylic acids is 1. The number of carboxylic acid groups (broad SMARTS) is 1. The molecule has 3 aromatic carbocycles. The molecule has 0 aliphatic carbocycles. The number of fused-ring (bicyclic) bond motifs is 3. The van der Waals surface area contributed by atoms with Gasteiger partial charge in [0.2, 0.25) is 0 Å². The highest BCUT2D eigenvalue weighted by molar-refractivity contribution is 5.96. The van der Waals surface area contributed by atoms with Gasteiger partial charge in [0, 0.05) is 58.5 Å². The summed E-state index contributed by atoms with van der Waals surface area (Å²) in [6, 6.07) is 26.2. The fourth-order valence-corrected chi connectivity index (χ4v) is 11.9. The number of amides is 6. The third kappa shape index (κ3) is 16.9. The van der Waals surface area contributed by atoms with Crippen LogP contribution in [0.4, 0.5) is 14.4 Å². The van der Waals surface area contributed by atoms with Gasteiger partial charge in [-0.2, -0.15) is 0 Å². The Balaban J connectivity index is 0.000000188. The first-order chi connectivity index (χ1) is 41.4. The fourth-order valence-electron chi connectivity index (χ4n) is 11.9. The summed E-state index contributed by atoms with van der Waals surface area (Å²) in [5.74, 6) is -2.89. The van der Waals surface area contributed by atoms with E-state index in [0.29, 0.717) is 90.6 Å². The molecule has 0 unspecified atom stereocenters. The van der Waals surface area contributed by atoms with Gasteiger partial charge in [-0.15, -0.1) is 0 Å². The average molecular weight is 1220 g/mol. The van der Waals surface area contributed by atoms with Crippen LogP contribution in [0.1, 0.15) is 131 Å². The Hall–Kier alpha value is -7.83. The van der Waals surface area contributed by atoms with Crippen molar-refractivity contribution in [1.29, 1.82) is 0 Å². The van der Waals surface area contributed by atoms with E-state index in [4.69, 9.17) is 23.7 Å². The SMILES string of the molecule is CC(C)(C)OC(=O)N[C@@]1(Cc2ccccc2)CCN2CC[C@@H](C(=O)O)N2C1=O.CCOC(=O)[C@@H]1CCN2CC[C@@](Cc3ccccc3)(NC(=O)OC(C)(C)C)C(=O)N12.CCOC(=O)[C@@H]1CCN2CC[C@](Cc3ccccc3)(NC(=O)OC(C)(C)C)C(=O)N12. The second kappa shape index (κ2) is 28.1. The Bertz CT molecular complexity index is 2840. The zero-order valence-electron chi connectivity index (χ0n) is 52.8. The summed E-state index contributed by atoms with van der Waals surface area (Å²) >= 11 is 0. The third-order valence-corrected chi connectivity index (χ3v) is 15.7. The monoisotopic (exact) mass is 1220 g/mol. The number of carbonyl (C=O) groups excluding carboxylic acids is 8. The topological polar surface area (TPSA) is 276 Å². The number of nitrogens with zero attached hydrogens (tertiary/aromatic N) is 6. The minimum Gasteiger partial charge on any atom is -0.480 e. The van der Waals surface area contributed by atoms with Gasteiger partial charge in [-0.05, 0) is 131 Å². The van der Waals surface area contributed by atoms with E-state index < -0.39 is 93.6 Å². The molecule has 24 nitrogen and oxygen atoms in total. The molecule has 6 amide bonds. The molecular weight excluding hydrogens is 1130 g/mol. The number of hydrazine groups is 3. The summed E-state index contributed by atoms with van der Waals surface area (Å²) in [5.41, 5.74) is -3.02. The Labute approximate surface area is 515 Å². The standard InChI is InChI=1S/2C22H31N3O5.C20H27N3O5/c2*1-5-29-18(26)17-11-13-24-14-12-22(19(27)25(17)24,15-16-9-7-6-8-10-16)23-20(28)30-21(2,3)4;1-19(2,3)28-18(27)21-20(13-14-7-5-4-6-8-14)10-12-22-11-9-15(16(24)25)23(22)17(20)26/h2*6-10,17H,5,11-15H2,1-4H3,(H,23,28);4-8,15H,9-13H2,1-3H3,(H,21,27)(H,24,25)/t17-,22+;17-,22-;15-,20+/m000/s1. The summed E-state index contributed by atoms with van der Waals surface area (Å²) in [4.78, 5) is 115. The molecule has 0 radical (unpaired) electrons. The van der Waals surface area contributed by atoms with Crippen molar-refractivity contribution in [2.75, 3.05) is 52.5 Å². The molecule has 88 heavy (non-hydrogen) atoms. The number of ether oxygens (including phenoxy) is 5. The van der Waals surface area contributed by atoms with Crippen LogP contribution in [0.2, 0.25) is 0 Å². The number of nitrogens with one attached hydrogen (secondary N) is 3. The van der Waals surface area contributed by atoms with Crippen molar-refractivity contribution in [1.82, 2.24) is 46.0 Å². The minimum absolute atomic E-state index is 0.253. The molecule has 6 saturated heterocycles. The lowest BCUT2D eigenvalue weighted by Crippen LogP contribution is -2.69. The molecular formula is C64H89N9O15. The van der Waals surface area contributed by atoms with Gasteiger partial charge < -0.3 is 44.7 Å². The predicted molar refractivity (Wildman–Crippen MR) is 322 cm³/mol. The van der Waals surface area contributed by atoms with E-state index in [2.05, 4.69) is 16.0 Å².